The van der Waals surface area contributed by atoms with Crippen molar-refractivity contribution in [3.05, 3.63) is 70.5 Å². The Balaban J connectivity index is 1.30. The van der Waals surface area contributed by atoms with E-state index in [-0.39, 0.29) is 11.4 Å². The summed E-state index contributed by atoms with van der Waals surface area (Å²) in [5, 5.41) is 8.85. The van der Waals surface area contributed by atoms with E-state index in [4.69, 9.17) is 5.21 Å². The van der Waals surface area contributed by atoms with E-state index in [2.05, 4.69) is 40.1 Å². The molecule has 1 aliphatic carbocycles. The van der Waals surface area contributed by atoms with Crippen molar-refractivity contribution in [2.24, 2.45) is 0 Å². The minimum absolute atomic E-state index is 0.176. The lowest BCUT2D eigenvalue weighted by molar-refractivity contribution is -0.0590. The molecule has 0 aromatic heterocycles. The maximum absolute atomic E-state index is 14.8. The fourth-order valence-electron chi connectivity index (χ4n) is 5.83. The molecule has 1 atom stereocenters. The summed E-state index contributed by atoms with van der Waals surface area (Å²) in [7, 11) is 0. The Morgan fingerprint density at radius 1 is 1.19 bits per heavy atom. The molecule has 1 spiro atoms. The Kier molecular flexibility index (Phi) is 5.54. The third-order valence-corrected chi connectivity index (χ3v) is 7.72. The number of likely N-dealkylation sites (tertiary alicyclic amines) is 1. The number of rotatable bonds is 4. The number of benzene rings is 2. The van der Waals surface area contributed by atoms with Crippen molar-refractivity contribution in [1.82, 2.24) is 15.3 Å². The van der Waals surface area contributed by atoms with E-state index < -0.39 is 5.91 Å². The number of amides is 1. The van der Waals surface area contributed by atoms with Gasteiger partial charge >= 0.3 is 0 Å². The molecule has 2 aliphatic heterocycles. The van der Waals surface area contributed by atoms with Crippen molar-refractivity contribution < 1.29 is 14.4 Å². The monoisotopic (exact) mass is 423 g/mol. The van der Waals surface area contributed by atoms with Crippen molar-refractivity contribution in [1.29, 1.82) is 0 Å². The zero-order chi connectivity index (χ0) is 21.4. The van der Waals surface area contributed by atoms with Gasteiger partial charge in [-0.15, -0.1) is 0 Å². The van der Waals surface area contributed by atoms with E-state index in [1.54, 1.807) is 11.5 Å². The summed E-state index contributed by atoms with van der Waals surface area (Å²) in [5.41, 5.74) is 5.03. The van der Waals surface area contributed by atoms with Crippen LogP contribution >= 0.6 is 0 Å². The second-order valence-electron chi connectivity index (χ2n) is 9.39. The molecule has 1 saturated heterocycles. The molecule has 0 bridgehead atoms. The second kappa shape index (κ2) is 8.34. The number of hydroxylamine groups is 1. The highest BCUT2D eigenvalue weighted by Gasteiger charge is 2.47. The van der Waals surface area contributed by atoms with Crippen LogP contribution < -0.4 is 5.48 Å². The minimum Gasteiger partial charge on any atom is -0.296 e. The molecule has 0 radical (unpaired) electrons. The normalized spacial score (nSPS) is 23.2. The molecule has 5 rings (SSSR count). The van der Waals surface area contributed by atoms with Crippen molar-refractivity contribution in [2.45, 2.75) is 63.2 Å². The van der Waals surface area contributed by atoms with Crippen LogP contribution in [0, 0.1) is 5.82 Å². The molecule has 3 aliphatic rings. The Morgan fingerprint density at radius 2 is 2.00 bits per heavy atom. The summed E-state index contributed by atoms with van der Waals surface area (Å²) in [4.78, 5) is 16.8. The van der Waals surface area contributed by atoms with Crippen LogP contribution in [-0.4, -0.2) is 45.6 Å². The molecule has 0 unspecified atom stereocenters. The second-order valence-corrected chi connectivity index (χ2v) is 9.39. The van der Waals surface area contributed by atoms with Crippen LogP contribution in [0.1, 0.15) is 59.2 Å². The average Bonchev–Trinajstić information content (AvgIpc) is 2.78. The highest BCUT2D eigenvalue weighted by atomic mass is 19.1. The zero-order valence-electron chi connectivity index (χ0n) is 17.8. The van der Waals surface area contributed by atoms with Gasteiger partial charge in [-0.1, -0.05) is 30.3 Å². The van der Waals surface area contributed by atoms with Crippen LogP contribution in [0.25, 0.3) is 0 Å². The number of nitrogens with zero attached hydrogens (tertiary/aromatic N) is 2. The number of piperidine rings is 1. The molecule has 2 aromatic rings. The smallest absolute Gasteiger partial charge is 0.274 e. The van der Waals surface area contributed by atoms with Crippen LogP contribution in [0.4, 0.5) is 4.39 Å². The molecular weight excluding hydrogens is 393 g/mol. The van der Waals surface area contributed by atoms with Crippen LogP contribution in [-0.2, 0) is 19.5 Å². The lowest BCUT2D eigenvalue weighted by atomic mass is 9.68. The van der Waals surface area contributed by atoms with Crippen LogP contribution in [0.3, 0.4) is 0 Å². The van der Waals surface area contributed by atoms with Crippen molar-refractivity contribution in [3.8, 4) is 0 Å². The van der Waals surface area contributed by atoms with Gasteiger partial charge < -0.3 is 0 Å². The Labute approximate surface area is 182 Å². The number of fused-ring (bicyclic) bond motifs is 1. The summed E-state index contributed by atoms with van der Waals surface area (Å²) in [6.45, 7) is 3.58. The predicted octanol–water partition coefficient (Wildman–Crippen LogP) is 3.89. The molecule has 6 heteroatoms. The average molecular weight is 424 g/mol. The number of hydrogen-bond donors (Lipinski definition) is 2. The molecule has 5 nitrogen and oxygen atoms in total. The van der Waals surface area contributed by atoms with Crippen molar-refractivity contribution in [2.75, 3.05) is 13.1 Å². The summed E-state index contributed by atoms with van der Waals surface area (Å²) in [5.74, 6) is -1.01. The molecule has 31 heavy (non-hydrogen) atoms. The summed E-state index contributed by atoms with van der Waals surface area (Å²) < 4.78 is 14.8. The third-order valence-electron chi connectivity index (χ3n) is 7.72. The van der Waals surface area contributed by atoms with E-state index in [0.717, 1.165) is 44.5 Å². The SMILES string of the molecule is O=C(NO)c1cc(F)c2c(c1)CCN([C@@H]1CCN(Cc3ccccc3)C3(CCC3)C1)C2. The lowest BCUT2D eigenvalue weighted by Gasteiger charge is -2.57. The topological polar surface area (TPSA) is 55.8 Å². The van der Waals surface area contributed by atoms with Gasteiger partial charge in [0.25, 0.3) is 5.91 Å². The van der Waals surface area contributed by atoms with E-state index >= 15 is 0 Å². The van der Waals surface area contributed by atoms with Crippen LogP contribution in [0.2, 0.25) is 0 Å². The quantitative estimate of drug-likeness (QED) is 0.579. The molecule has 2 N–H and O–H groups in total. The van der Waals surface area contributed by atoms with Gasteiger partial charge in [0.1, 0.15) is 5.82 Å². The fourth-order valence-corrected chi connectivity index (χ4v) is 5.83. The summed E-state index contributed by atoms with van der Waals surface area (Å²) in [6.07, 6.45) is 6.81. The summed E-state index contributed by atoms with van der Waals surface area (Å²) in [6, 6.07) is 14.2. The molecular formula is C25H30FN3O2. The minimum atomic E-state index is -0.665. The van der Waals surface area contributed by atoms with Gasteiger partial charge in [0.15, 0.2) is 0 Å². The Bertz CT molecular complexity index is 961. The molecule has 2 aromatic carbocycles. The van der Waals surface area contributed by atoms with E-state index in [0.29, 0.717) is 23.7 Å². The van der Waals surface area contributed by atoms with Gasteiger partial charge in [-0.05, 0) is 61.8 Å². The predicted molar refractivity (Wildman–Crippen MR) is 116 cm³/mol. The number of carbonyl (C=O) groups excluding carboxylic acids is 1. The number of nitrogens with one attached hydrogen (secondary N) is 1. The van der Waals surface area contributed by atoms with E-state index in [1.165, 1.54) is 30.9 Å². The fraction of sp³-hybridized carbons (Fsp3) is 0.480. The molecule has 1 saturated carbocycles. The molecule has 1 amide bonds. The first kappa shape index (κ1) is 20.6. The molecule has 164 valence electrons. The lowest BCUT2D eigenvalue weighted by Crippen LogP contribution is -2.61. The van der Waals surface area contributed by atoms with Crippen molar-refractivity contribution >= 4 is 5.91 Å². The Hall–Kier alpha value is -2.28. The highest BCUT2D eigenvalue weighted by Crippen LogP contribution is 2.46. The third kappa shape index (κ3) is 3.88. The first-order valence-corrected chi connectivity index (χ1v) is 11.4. The van der Waals surface area contributed by atoms with Gasteiger partial charge in [0.2, 0.25) is 0 Å². The van der Waals surface area contributed by atoms with Gasteiger partial charge in [0, 0.05) is 48.9 Å². The molecule has 2 heterocycles. The van der Waals surface area contributed by atoms with Crippen molar-refractivity contribution in [3.63, 3.8) is 0 Å². The maximum Gasteiger partial charge on any atom is 0.274 e. The highest BCUT2D eigenvalue weighted by molar-refractivity contribution is 5.93. The van der Waals surface area contributed by atoms with Crippen LogP contribution in [0.5, 0.6) is 0 Å². The molecule has 2 fully saturated rings. The standard InChI is InChI=1S/C25H30FN3O2/c26-23-14-20(24(30)27-31)13-19-7-11-28(17-22(19)23)21-8-12-29(25(15-21)9-4-10-25)16-18-5-2-1-3-6-18/h1-3,5-6,13-14,21,31H,4,7-12,15-17H2,(H,27,30)/t21-/m1/s1. The first-order valence-electron chi connectivity index (χ1n) is 11.4. The van der Waals surface area contributed by atoms with Gasteiger partial charge in [-0.3, -0.25) is 19.8 Å². The number of hydrogen-bond acceptors (Lipinski definition) is 4. The van der Waals surface area contributed by atoms with Gasteiger partial charge in [-0.25, -0.2) is 9.87 Å². The van der Waals surface area contributed by atoms with Gasteiger partial charge in [0.05, 0.1) is 0 Å². The number of carbonyl (C=O) groups is 1. The number of halogens is 1. The maximum atomic E-state index is 14.8. The first-order chi connectivity index (χ1) is 15.1. The van der Waals surface area contributed by atoms with Gasteiger partial charge in [-0.2, -0.15) is 0 Å². The largest absolute Gasteiger partial charge is 0.296 e. The van der Waals surface area contributed by atoms with Crippen LogP contribution in [0.15, 0.2) is 42.5 Å². The summed E-state index contributed by atoms with van der Waals surface area (Å²) >= 11 is 0. The van der Waals surface area contributed by atoms with E-state index in [9.17, 15) is 9.18 Å². The zero-order valence-corrected chi connectivity index (χ0v) is 17.8. The van der Waals surface area contributed by atoms with E-state index in [1.807, 2.05) is 0 Å². The Morgan fingerprint density at radius 3 is 2.71 bits per heavy atom.